The Morgan fingerprint density at radius 1 is 1.35 bits per heavy atom. The molecule has 0 bridgehead atoms. The third-order valence-corrected chi connectivity index (χ3v) is 3.51. The minimum absolute atomic E-state index is 0.0528. The van der Waals surface area contributed by atoms with Crippen molar-refractivity contribution in [3.05, 3.63) is 0 Å². The zero-order valence-electron chi connectivity index (χ0n) is 10.8. The summed E-state index contributed by atoms with van der Waals surface area (Å²) in [7, 11) is 0. The number of terminal acetylenes is 1. The second-order valence-electron chi connectivity index (χ2n) is 4.92. The molecule has 2 N–H and O–H groups in total. The fourth-order valence-electron chi connectivity index (χ4n) is 2.48. The van der Waals surface area contributed by atoms with E-state index in [-0.39, 0.29) is 11.9 Å². The number of amides is 1. The van der Waals surface area contributed by atoms with Gasteiger partial charge in [-0.05, 0) is 25.7 Å². The van der Waals surface area contributed by atoms with Crippen molar-refractivity contribution in [1.82, 2.24) is 10.6 Å². The van der Waals surface area contributed by atoms with Crippen LogP contribution in [0.3, 0.4) is 0 Å². The van der Waals surface area contributed by atoms with E-state index in [1.807, 2.05) is 0 Å². The molecular formula is C14H24N2O. The standard InChI is InChI=1S/C14H24N2O/c1-3-10-15-11-14(17)16-12(2)13-8-6-4-5-7-9-13/h1,12-13,15H,4-11H2,2H3,(H,16,17)/t12-/m0/s1. The summed E-state index contributed by atoms with van der Waals surface area (Å²) in [4.78, 5) is 11.6. The van der Waals surface area contributed by atoms with Gasteiger partial charge in [-0.1, -0.05) is 31.6 Å². The fourth-order valence-corrected chi connectivity index (χ4v) is 2.48. The molecule has 0 unspecified atom stereocenters. The normalized spacial score (nSPS) is 19.1. The molecule has 0 radical (unpaired) electrons. The third-order valence-electron chi connectivity index (χ3n) is 3.51. The van der Waals surface area contributed by atoms with E-state index in [1.165, 1.54) is 38.5 Å². The van der Waals surface area contributed by atoms with Crippen molar-refractivity contribution in [2.45, 2.75) is 51.5 Å². The zero-order chi connectivity index (χ0) is 12.5. The first-order valence-electron chi connectivity index (χ1n) is 6.67. The predicted molar refractivity (Wildman–Crippen MR) is 70.5 cm³/mol. The van der Waals surface area contributed by atoms with Crippen LogP contribution in [-0.4, -0.2) is 25.0 Å². The highest BCUT2D eigenvalue weighted by Crippen LogP contribution is 2.25. The fraction of sp³-hybridized carbons (Fsp3) is 0.786. The first kappa shape index (κ1) is 14.1. The maximum Gasteiger partial charge on any atom is 0.234 e. The predicted octanol–water partition coefficient (Wildman–Crippen LogP) is 1.68. The summed E-state index contributed by atoms with van der Waals surface area (Å²) < 4.78 is 0. The van der Waals surface area contributed by atoms with Crippen molar-refractivity contribution >= 4 is 5.91 Å². The summed E-state index contributed by atoms with van der Waals surface area (Å²) in [5.74, 6) is 3.16. The molecule has 0 heterocycles. The van der Waals surface area contributed by atoms with Gasteiger partial charge in [-0.3, -0.25) is 10.1 Å². The Morgan fingerprint density at radius 2 is 2.00 bits per heavy atom. The lowest BCUT2D eigenvalue weighted by atomic mass is 9.93. The molecule has 3 nitrogen and oxygen atoms in total. The summed E-state index contributed by atoms with van der Waals surface area (Å²) >= 11 is 0. The molecule has 0 aromatic heterocycles. The average Bonchev–Trinajstić information content (AvgIpc) is 2.57. The van der Waals surface area contributed by atoms with Gasteiger partial charge in [-0.25, -0.2) is 0 Å². The van der Waals surface area contributed by atoms with Gasteiger partial charge < -0.3 is 5.32 Å². The largest absolute Gasteiger partial charge is 0.352 e. The van der Waals surface area contributed by atoms with E-state index >= 15 is 0 Å². The van der Waals surface area contributed by atoms with Crippen molar-refractivity contribution in [3.8, 4) is 12.3 Å². The lowest BCUT2D eigenvalue weighted by molar-refractivity contribution is -0.121. The van der Waals surface area contributed by atoms with E-state index in [9.17, 15) is 4.79 Å². The van der Waals surface area contributed by atoms with Gasteiger partial charge >= 0.3 is 0 Å². The van der Waals surface area contributed by atoms with Gasteiger partial charge in [0.15, 0.2) is 0 Å². The number of nitrogens with one attached hydrogen (secondary N) is 2. The topological polar surface area (TPSA) is 41.1 Å². The minimum atomic E-state index is 0.0528. The number of carbonyl (C=O) groups excluding carboxylic acids is 1. The molecule has 1 atom stereocenters. The quantitative estimate of drug-likeness (QED) is 0.433. The molecular weight excluding hydrogens is 212 g/mol. The van der Waals surface area contributed by atoms with Crippen molar-refractivity contribution in [2.24, 2.45) is 5.92 Å². The first-order valence-corrected chi connectivity index (χ1v) is 6.67. The van der Waals surface area contributed by atoms with E-state index in [1.54, 1.807) is 0 Å². The summed E-state index contributed by atoms with van der Waals surface area (Å²) in [5, 5.41) is 5.97. The van der Waals surface area contributed by atoms with Gasteiger partial charge in [-0.2, -0.15) is 0 Å². The van der Waals surface area contributed by atoms with Crippen LogP contribution in [0.4, 0.5) is 0 Å². The van der Waals surface area contributed by atoms with Crippen molar-refractivity contribution in [3.63, 3.8) is 0 Å². The molecule has 1 aliphatic rings. The average molecular weight is 236 g/mol. The SMILES string of the molecule is C#CCNCC(=O)N[C@@H](C)C1CCCCCC1. The van der Waals surface area contributed by atoms with Gasteiger partial charge in [0.2, 0.25) is 5.91 Å². The Balaban J connectivity index is 2.24. The van der Waals surface area contributed by atoms with Crippen LogP contribution in [0.25, 0.3) is 0 Å². The van der Waals surface area contributed by atoms with Crippen LogP contribution in [-0.2, 0) is 4.79 Å². The Morgan fingerprint density at radius 3 is 2.59 bits per heavy atom. The molecule has 1 rings (SSSR count). The number of hydrogen-bond donors (Lipinski definition) is 2. The van der Waals surface area contributed by atoms with Gasteiger partial charge in [0.1, 0.15) is 0 Å². The maximum atomic E-state index is 11.6. The zero-order valence-corrected chi connectivity index (χ0v) is 10.8. The Kier molecular flexibility index (Phi) is 6.73. The molecule has 1 fully saturated rings. The summed E-state index contributed by atoms with van der Waals surface area (Å²) in [6.07, 6.45) is 12.9. The van der Waals surface area contributed by atoms with E-state index in [4.69, 9.17) is 6.42 Å². The highest BCUT2D eigenvalue weighted by molar-refractivity contribution is 5.78. The first-order chi connectivity index (χ1) is 8.24. The molecule has 0 aliphatic heterocycles. The summed E-state index contributed by atoms with van der Waals surface area (Å²) in [5.41, 5.74) is 0. The van der Waals surface area contributed by atoms with E-state index in [0.717, 1.165) is 0 Å². The van der Waals surface area contributed by atoms with Gasteiger partial charge in [-0.15, -0.1) is 6.42 Å². The molecule has 17 heavy (non-hydrogen) atoms. The van der Waals surface area contributed by atoms with E-state index < -0.39 is 0 Å². The summed E-state index contributed by atoms with van der Waals surface area (Å²) in [6.45, 7) is 2.89. The van der Waals surface area contributed by atoms with Crippen LogP contribution in [0.1, 0.15) is 45.4 Å². The second kappa shape index (κ2) is 8.14. The maximum absolute atomic E-state index is 11.6. The van der Waals surface area contributed by atoms with Crippen molar-refractivity contribution < 1.29 is 4.79 Å². The second-order valence-corrected chi connectivity index (χ2v) is 4.92. The van der Waals surface area contributed by atoms with E-state index in [2.05, 4.69) is 23.5 Å². The van der Waals surface area contributed by atoms with Crippen LogP contribution < -0.4 is 10.6 Å². The number of hydrogen-bond acceptors (Lipinski definition) is 2. The molecule has 3 heteroatoms. The van der Waals surface area contributed by atoms with Crippen LogP contribution >= 0.6 is 0 Å². The van der Waals surface area contributed by atoms with E-state index in [0.29, 0.717) is 19.0 Å². The van der Waals surface area contributed by atoms with Gasteiger partial charge in [0.05, 0.1) is 13.1 Å². The highest BCUT2D eigenvalue weighted by Gasteiger charge is 2.20. The van der Waals surface area contributed by atoms with Crippen LogP contribution in [0.15, 0.2) is 0 Å². The monoisotopic (exact) mass is 236 g/mol. The molecule has 0 saturated heterocycles. The molecule has 1 amide bonds. The highest BCUT2D eigenvalue weighted by atomic mass is 16.1. The van der Waals surface area contributed by atoms with Crippen molar-refractivity contribution in [2.75, 3.05) is 13.1 Å². The Bertz CT molecular complexity index is 262. The molecule has 96 valence electrons. The molecule has 0 aromatic carbocycles. The molecule has 1 aliphatic carbocycles. The van der Waals surface area contributed by atoms with Crippen LogP contribution in [0.5, 0.6) is 0 Å². The minimum Gasteiger partial charge on any atom is -0.352 e. The van der Waals surface area contributed by atoms with Crippen LogP contribution in [0, 0.1) is 18.3 Å². The number of rotatable bonds is 5. The molecule has 1 saturated carbocycles. The summed E-state index contributed by atoms with van der Waals surface area (Å²) in [6, 6.07) is 0.285. The molecule has 0 spiro atoms. The van der Waals surface area contributed by atoms with Crippen LogP contribution in [0.2, 0.25) is 0 Å². The Labute approximate surface area is 105 Å². The smallest absolute Gasteiger partial charge is 0.234 e. The van der Waals surface area contributed by atoms with Gasteiger partial charge in [0, 0.05) is 6.04 Å². The number of carbonyl (C=O) groups is 1. The van der Waals surface area contributed by atoms with Crippen molar-refractivity contribution in [1.29, 1.82) is 0 Å². The lowest BCUT2D eigenvalue weighted by Crippen LogP contribution is -2.42. The Hall–Kier alpha value is -1.01. The van der Waals surface area contributed by atoms with Gasteiger partial charge in [0.25, 0.3) is 0 Å². The third kappa shape index (κ3) is 5.74. The lowest BCUT2D eigenvalue weighted by Gasteiger charge is -2.23. The molecule has 0 aromatic rings.